The fraction of sp³-hybridized carbons (Fsp3) is 0.600. The molecule has 0 saturated carbocycles. The Morgan fingerprint density at radius 1 is 1.37 bits per heavy atom. The van der Waals surface area contributed by atoms with E-state index in [-0.39, 0.29) is 0 Å². The Hall–Kier alpha value is -0.580. The minimum Gasteiger partial charge on any atom is -0.364 e. The summed E-state index contributed by atoms with van der Waals surface area (Å²) in [6.07, 6.45) is 0. The quantitative estimate of drug-likeness (QED) is 0.921. The second-order valence-electron chi connectivity index (χ2n) is 5.59. The van der Waals surface area contributed by atoms with Crippen LogP contribution in [0.25, 0.3) is 0 Å². The van der Waals surface area contributed by atoms with Gasteiger partial charge in [-0.2, -0.15) is 0 Å². The van der Waals surface area contributed by atoms with Gasteiger partial charge < -0.3 is 10.2 Å². The molecule has 0 bridgehead atoms. The summed E-state index contributed by atoms with van der Waals surface area (Å²) in [5.41, 5.74) is 2.61. The van der Waals surface area contributed by atoms with Crippen molar-refractivity contribution in [1.82, 2.24) is 10.2 Å². The molecule has 1 aromatic carbocycles. The largest absolute Gasteiger partial charge is 0.364 e. The molecule has 4 heteroatoms. The Kier molecular flexibility index (Phi) is 4.87. The zero-order valence-electron chi connectivity index (χ0n) is 12.3. The normalized spacial score (nSPS) is 24.8. The van der Waals surface area contributed by atoms with E-state index in [4.69, 9.17) is 0 Å². The lowest BCUT2D eigenvalue weighted by Crippen LogP contribution is -2.58. The summed E-state index contributed by atoms with van der Waals surface area (Å²) in [6.45, 7) is 7.63. The molecule has 0 spiro atoms. The van der Waals surface area contributed by atoms with E-state index in [2.05, 4.69) is 70.1 Å². The van der Waals surface area contributed by atoms with Gasteiger partial charge in [-0.3, -0.25) is 4.90 Å². The summed E-state index contributed by atoms with van der Waals surface area (Å²) < 4.78 is 1.19. The number of rotatable bonds is 3. The predicted octanol–water partition coefficient (Wildman–Crippen LogP) is 2.49. The van der Waals surface area contributed by atoms with Crippen LogP contribution < -0.4 is 10.2 Å². The smallest absolute Gasteiger partial charge is 0.0542 e. The molecule has 2 atom stereocenters. The first-order valence-corrected chi connectivity index (χ1v) is 7.70. The first-order chi connectivity index (χ1) is 9.02. The van der Waals surface area contributed by atoms with E-state index in [0.29, 0.717) is 12.1 Å². The van der Waals surface area contributed by atoms with E-state index in [1.165, 1.54) is 15.7 Å². The minimum absolute atomic E-state index is 0.529. The van der Waals surface area contributed by atoms with Gasteiger partial charge in [-0.15, -0.1) is 0 Å². The fourth-order valence-electron chi connectivity index (χ4n) is 2.67. The third-order valence-corrected chi connectivity index (χ3v) is 4.93. The molecule has 1 fully saturated rings. The zero-order valence-corrected chi connectivity index (χ0v) is 13.9. The van der Waals surface area contributed by atoms with E-state index in [1.54, 1.807) is 0 Å². The van der Waals surface area contributed by atoms with E-state index < -0.39 is 0 Å². The maximum Gasteiger partial charge on any atom is 0.0542 e. The van der Waals surface area contributed by atoms with Gasteiger partial charge in [0.15, 0.2) is 0 Å². The number of nitrogens with zero attached hydrogens (tertiary/aromatic N) is 2. The van der Waals surface area contributed by atoms with Crippen LogP contribution in [0, 0.1) is 6.92 Å². The third-order valence-electron chi connectivity index (χ3n) is 4.08. The molecule has 1 aliphatic rings. The van der Waals surface area contributed by atoms with Crippen molar-refractivity contribution in [2.75, 3.05) is 38.6 Å². The summed E-state index contributed by atoms with van der Waals surface area (Å²) >= 11 is 3.65. The molecule has 1 saturated heterocycles. The molecule has 1 heterocycles. The van der Waals surface area contributed by atoms with E-state index in [9.17, 15) is 0 Å². The van der Waals surface area contributed by atoms with Crippen molar-refractivity contribution < 1.29 is 0 Å². The van der Waals surface area contributed by atoms with E-state index >= 15 is 0 Å². The van der Waals surface area contributed by atoms with Crippen LogP contribution in [0.2, 0.25) is 0 Å². The lowest BCUT2D eigenvalue weighted by Gasteiger charge is -2.45. The van der Waals surface area contributed by atoms with Crippen molar-refractivity contribution in [2.45, 2.75) is 25.9 Å². The van der Waals surface area contributed by atoms with Gasteiger partial charge in [0.1, 0.15) is 0 Å². The van der Waals surface area contributed by atoms with Crippen molar-refractivity contribution >= 4 is 21.6 Å². The Morgan fingerprint density at radius 3 is 2.74 bits per heavy atom. The first kappa shape index (κ1) is 14.8. The van der Waals surface area contributed by atoms with Gasteiger partial charge >= 0.3 is 0 Å². The Labute approximate surface area is 125 Å². The lowest BCUT2D eigenvalue weighted by molar-refractivity contribution is 0.199. The number of anilines is 1. The molecule has 2 rings (SSSR count). The Morgan fingerprint density at radius 2 is 2.11 bits per heavy atom. The molecule has 1 aliphatic heterocycles. The summed E-state index contributed by atoms with van der Waals surface area (Å²) in [5.74, 6) is 0. The monoisotopic (exact) mass is 325 g/mol. The number of nitrogens with one attached hydrogen (secondary N) is 1. The van der Waals surface area contributed by atoms with Crippen molar-refractivity contribution in [3.05, 3.63) is 28.2 Å². The summed E-state index contributed by atoms with van der Waals surface area (Å²) in [4.78, 5) is 4.98. The third kappa shape index (κ3) is 3.30. The van der Waals surface area contributed by atoms with Crippen molar-refractivity contribution in [3.8, 4) is 0 Å². The van der Waals surface area contributed by atoms with Gasteiger partial charge in [-0.25, -0.2) is 0 Å². The first-order valence-electron chi connectivity index (χ1n) is 6.90. The second-order valence-corrected chi connectivity index (χ2v) is 6.44. The number of halogens is 1. The molecular weight excluding hydrogens is 302 g/mol. The van der Waals surface area contributed by atoms with Crippen LogP contribution in [0.5, 0.6) is 0 Å². The standard InChI is InChI=1S/C15H24BrN3/c1-11-5-6-13(7-15(11)16)19-9-12(2)18(4)10-14(19)8-17-3/h5-7,12,14,17H,8-10H2,1-4H3. The highest BCUT2D eigenvalue weighted by molar-refractivity contribution is 9.10. The Bertz CT molecular complexity index is 435. The van der Waals surface area contributed by atoms with Crippen LogP contribution >= 0.6 is 15.9 Å². The molecule has 106 valence electrons. The van der Waals surface area contributed by atoms with Crippen LogP contribution in [0.3, 0.4) is 0 Å². The number of benzene rings is 1. The molecule has 2 unspecified atom stereocenters. The maximum atomic E-state index is 3.65. The van der Waals surface area contributed by atoms with E-state index in [0.717, 1.165) is 19.6 Å². The maximum absolute atomic E-state index is 3.65. The topological polar surface area (TPSA) is 18.5 Å². The van der Waals surface area contributed by atoms with E-state index in [1.807, 2.05) is 7.05 Å². The van der Waals surface area contributed by atoms with Crippen LogP contribution in [-0.4, -0.2) is 50.7 Å². The molecule has 1 aromatic rings. The van der Waals surface area contributed by atoms with Gasteiger partial charge in [-0.05, 0) is 45.6 Å². The highest BCUT2D eigenvalue weighted by Crippen LogP contribution is 2.27. The van der Waals surface area contributed by atoms with Crippen molar-refractivity contribution in [3.63, 3.8) is 0 Å². The predicted molar refractivity (Wildman–Crippen MR) is 86.0 cm³/mol. The lowest BCUT2D eigenvalue weighted by atomic mass is 10.1. The van der Waals surface area contributed by atoms with Crippen LogP contribution in [0.4, 0.5) is 5.69 Å². The van der Waals surface area contributed by atoms with Gasteiger partial charge in [0.25, 0.3) is 0 Å². The number of hydrogen-bond acceptors (Lipinski definition) is 3. The molecule has 0 aromatic heterocycles. The molecule has 1 N–H and O–H groups in total. The zero-order chi connectivity index (χ0) is 14.0. The number of likely N-dealkylation sites (N-methyl/N-ethyl adjacent to an activating group) is 2. The minimum atomic E-state index is 0.529. The van der Waals surface area contributed by atoms with Gasteiger partial charge in [-0.1, -0.05) is 22.0 Å². The highest BCUT2D eigenvalue weighted by Gasteiger charge is 2.29. The number of hydrogen-bond donors (Lipinski definition) is 1. The second kappa shape index (κ2) is 6.25. The summed E-state index contributed by atoms with van der Waals surface area (Å²) in [7, 11) is 4.25. The molecule has 19 heavy (non-hydrogen) atoms. The molecular formula is C15H24BrN3. The Balaban J connectivity index is 2.25. The number of piperazine rings is 1. The van der Waals surface area contributed by atoms with Gasteiger partial charge in [0, 0.05) is 35.8 Å². The average molecular weight is 326 g/mol. The van der Waals surface area contributed by atoms with Crippen LogP contribution in [-0.2, 0) is 0 Å². The van der Waals surface area contributed by atoms with Crippen molar-refractivity contribution in [2.24, 2.45) is 0 Å². The average Bonchev–Trinajstić information content (AvgIpc) is 2.37. The van der Waals surface area contributed by atoms with Crippen LogP contribution in [0.1, 0.15) is 12.5 Å². The number of aryl methyl sites for hydroxylation is 1. The van der Waals surface area contributed by atoms with Crippen LogP contribution in [0.15, 0.2) is 22.7 Å². The molecule has 0 amide bonds. The SMILES string of the molecule is CNCC1CN(C)C(C)CN1c1ccc(C)c(Br)c1. The summed E-state index contributed by atoms with van der Waals surface area (Å²) in [5, 5.41) is 3.32. The molecule has 3 nitrogen and oxygen atoms in total. The van der Waals surface area contributed by atoms with Gasteiger partial charge in [0.2, 0.25) is 0 Å². The fourth-order valence-corrected chi connectivity index (χ4v) is 3.04. The van der Waals surface area contributed by atoms with Gasteiger partial charge in [0.05, 0.1) is 6.04 Å². The highest BCUT2D eigenvalue weighted by atomic mass is 79.9. The molecule has 0 aliphatic carbocycles. The summed E-state index contributed by atoms with van der Waals surface area (Å²) in [6, 6.07) is 7.80. The van der Waals surface area contributed by atoms with Crippen molar-refractivity contribution in [1.29, 1.82) is 0 Å². The molecule has 0 radical (unpaired) electrons.